The number of hydrogen-bond acceptors (Lipinski definition) is 7. The number of halogens is 2. The summed E-state index contributed by atoms with van der Waals surface area (Å²) in [6.07, 6.45) is 1.68. The largest absolute Gasteiger partial charge is 0.493 e. The summed E-state index contributed by atoms with van der Waals surface area (Å²) in [7, 11) is 1.49. The van der Waals surface area contributed by atoms with Crippen molar-refractivity contribution in [3.8, 4) is 11.5 Å². The summed E-state index contributed by atoms with van der Waals surface area (Å²) >= 11 is 18.7. The van der Waals surface area contributed by atoms with E-state index in [1.807, 2.05) is 0 Å². The zero-order valence-electron chi connectivity index (χ0n) is 16.5. The van der Waals surface area contributed by atoms with Crippen LogP contribution in [0.2, 0.25) is 10.0 Å². The lowest BCUT2D eigenvalue weighted by atomic mass is 10.2. The number of ether oxygens (including phenoxy) is 3. The van der Waals surface area contributed by atoms with Gasteiger partial charge in [0, 0.05) is 5.02 Å². The molecule has 0 spiro atoms. The molecule has 0 radical (unpaired) electrons. The molecule has 0 saturated carbocycles. The summed E-state index contributed by atoms with van der Waals surface area (Å²) in [5.74, 6) is 0.00201. The fourth-order valence-electron chi connectivity index (χ4n) is 2.72. The van der Waals surface area contributed by atoms with Gasteiger partial charge >= 0.3 is 5.97 Å². The number of carbonyl (C=O) groups excluding carboxylic acids is 2. The minimum absolute atomic E-state index is 0.259. The molecule has 1 fully saturated rings. The Morgan fingerprint density at radius 1 is 1.19 bits per heavy atom. The zero-order valence-corrected chi connectivity index (χ0v) is 19.7. The average molecular weight is 498 g/mol. The lowest BCUT2D eigenvalue weighted by Gasteiger charge is -2.16. The molecule has 162 valence electrons. The normalized spacial score (nSPS) is 14.8. The number of methoxy groups -OCH3 is 1. The van der Waals surface area contributed by atoms with Gasteiger partial charge < -0.3 is 14.2 Å². The monoisotopic (exact) mass is 497 g/mol. The van der Waals surface area contributed by atoms with Gasteiger partial charge in [-0.3, -0.25) is 9.69 Å². The van der Waals surface area contributed by atoms with Gasteiger partial charge in [-0.2, -0.15) is 0 Å². The fraction of sp³-hybridized carbons (Fsp3) is 0.190. The van der Waals surface area contributed by atoms with E-state index in [1.165, 1.54) is 12.0 Å². The van der Waals surface area contributed by atoms with Crippen LogP contribution in [0.4, 0.5) is 5.69 Å². The highest BCUT2D eigenvalue weighted by Crippen LogP contribution is 2.40. The topological polar surface area (TPSA) is 65.1 Å². The standard InChI is InChI=1S/C21H17Cl2NO5S2/c1-3-28-19(25)11-29-17-8-12(4-7-16(17)27-2)9-18-20(26)24(21(30)31-18)15-6-5-13(22)10-14(15)23/h4-10H,3,11H2,1-2H3/b18-9+. The second kappa shape index (κ2) is 10.4. The molecule has 0 aliphatic carbocycles. The molecule has 2 aromatic carbocycles. The summed E-state index contributed by atoms with van der Waals surface area (Å²) in [4.78, 5) is 26.4. The highest BCUT2D eigenvalue weighted by Gasteiger charge is 2.34. The van der Waals surface area contributed by atoms with E-state index in [2.05, 4.69) is 0 Å². The lowest BCUT2D eigenvalue weighted by Crippen LogP contribution is -2.27. The Balaban J connectivity index is 1.86. The van der Waals surface area contributed by atoms with E-state index in [9.17, 15) is 9.59 Å². The maximum atomic E-state index is 13.0. The molecular formula is C21H17Cl2NO5S2. The minimum atomic E-state index is -0.490. The van der Waals surface area contributed by atoms with E-state index in [1.54, 1.807) is 49.4 Å². The van der Waals surface area contributed by atoms with Crippen molar-refractivity contribution in [1.82, 2.24) is 0 Å². The van der Waals surface area contributed by atoms with Crippen LogP contribution >= 0.6 is 47.2 Å². The SMILES string of the molecule is CCOC(=O)COc1cc(/C=C2/SC(=S)N(c3ccc(Cl)cc3Cl)C2=O)ccc1OC. The summed E-state index contributed by atoms with van der Waals surface area (Å²) in [5, 5.41) is 0.785. The van der Waals surface area contributed by atoms with Gasteiger partial charge in [0.05, 0.1) is 29.3 Å². The molecule has 0 atom stereocenters. The number of rotatable bonds is 7. The second-order valence-electron chi connectivity index (χ2n) is 6.12. The van der Waals surface area contributed by atoms with Crippen LogP contribution in [0.25, 0.3) is 6.08 Å². The first-order valence-corrected chi connectivity index (χ1v) is 11.0. The van der Waals surface area contributed by atoms with Crippen molar-refractivity contribution in [3.63, 3.8) is 0 Å². The third-order valence-corrected chi connectivity index (χ3v) is 5.92. The van der Waals surface area contributed by atoms with Gasteiger partial charge in [-0.05, 0) is 48.9 Å². The number of thioether (sulfide) groups is 1. The quantitative estimate of drug-likeness (QED) is 0.290. The number of benzene rings is 2. The number of esters is 1. The third kappa shape index (κ3) is 5.51. The number of hydrogen-bond donors (Lipinski definition) is 0. The van der Waals surface area contributed by atoms with Crippen LogP contribution < -0.4 is 14.4 Å². The molecule has 0 bridgehead atoms. The predicted molar refractivity (Wildman–Crippen MR) is 127 cm³/mol. The molecule has 2 aromatic rings. The Hall–Kier alpha value is -2.26. The molecular weight excluding hydrogens is 481 g/mol. The molecule has 0 N–H and O–H groups in total. The molecule has 31 heavy (non-hydrogen) atoms. The van der Waals surface area contributed by atoms with Gasteiger partial charge in [-0.1, -0.05) is 53.2 Å². The maximum Gasteiger partial charge on any atom is 0.344 e. The van der Waals surface area contributed by atoms with Crippen molar-refractivity contribution in [2.45, 2.75) is 6.92 Å². The van der Waals surface area contributed by atoms with Crippen molar-refractivity contribution in [2.75, 3.05) is 25.2 Å². The van der Waals surface area contributed by atoms with Crippen LogP contribution in [0.5, 0.6) is 11.5 Å². The van der Waals surface area contributed by atoms with E-state index in [0.29, 0.717) is 42.0 Å². The van der Waals surface area contributed by atoms with Gasteiger partial charge in [0.2, 0.25) is 0 Å². The van der Waals surface area contributed by atoms with E-state index in [0.717, 1.165) is 11.8 Å². The Kier molecular flexibility index (Phi) is 7.83. The number of carbonyl (C=O) groups is 2. The summed E-state index contributed by atoms with van der Waals surface area (Å²) in [5.41, 5.74) is 1.13. The van der Waals surface area contributed by atoms with Crippen molar-refractivity contribution >= 4 is 75.1 Å². The van der Waals surface area contributed by atoms with E-state index < -0.39 is 5.97 Å². The molecule has 1 saturated heterocycles. The molecule has 1 aliphatic rings. The Morgan fingerprint density at radius 2 is 1.97 bits per heavy atom. The molecule has 0 unspecified atom stereocenters. The third-order valence-electron chi connectivity index (χ3n) is 4.08. The van der Waals surface area contributed by atoms with Crippen LogP contribution in [-0.2, 0) is 14.3 Å². The summed E-state index contributed by atoms with van der Waals surface area (Å²) in [6, 6.07) is 9.95. The lowest BCUT2D eigenvalue weighted by molar-refractivity contribution is -0.145. The molecule has 1 aliphatic heterocycles. The maximum absolute atomic E-state index is 13.0. The Bertz CT molecular complexity index is 1070. The van der Waals surface area contributed by atoms with E-state index >= 15 is 0 Å². The van der Waals surface area contributed by atoms with Gasteiger partial charge in [0.15, 0.2) is 22.4 Å². The number of anilines is 1. The molecule has 10 heteroatoms. The van der Waals surface area contributed by atoms with Crippen LogP contribution in [-0.4, -0.2) is 36.5 Å². The molecule has 0 aromatic heterocycles. The summed E-state index contributed by atoms with van der Waals surface area (Å²) < 4.78 is 16.0. The molecule has 1 amide bonds. The predicted octanol–water partition coefficient (Wildman–Crippen LogP) is 5.35. The van der Waals surface area contributed by atoms with Crippen LogP contribution in [0.15, 0.2) is 41.3 Å². The minimum Gasteiger partial charge on any atom is -0.493 e. The van der Waals surface area contributed by atoms with Crippen LogP contribution in [0.1, 0.15) is 12.5 Å². The highest BCUT2D eigenvalue weighted by atomic mass is 35.5. The van der Waals surface area contributed by atoms with Gasteiger partial charge in [-0.25, -0.2) is 4.79 Å². The number of amides is 1. The zero-order chi connectivity index (χ0) is 22.5. The van der Waals surface area contributed by atoms with Gasteiger partial charge in [0.1, 0.15) is 0 Å². The first-order chi connectivity index (χ1) is 14.8. The van der Waals surface area contributed by atoms with Gasteiger partial charge in [0.25, 0.3) is 5.91 Å². The summed E-state index contributed by atoms with van der Waals surface area (Å²) in [6.45, 7) is 1.72. The van der Waals surface area contributed by atoms with Crippen LogP contribution in [0, 0.1) is 0 Å². The van der Waals surface area contributed by atoms with E-state index in [-0.39, 0.29) is 19.1 Å². The molecule has 3 rings (SSSR count). The Labute approximate surface area is 199 Å². The van der Waals surface area contributed by atoms with Crippen molar-refractivity contribution in [1.29, 1.82) is 0 Å². The highest BCUT2D eigenvalue weighted by molar-refractivity contribution is 8.27. The molecule has 6 nitrogen and oxygen atoms in total. The smallest absolute Gasteiger partial charge is 0.344 e. The number of thiocarbonyl (C=S) groups is 1. The number of nitrogens with zero attached hydrogens (tertiary/aromatic N) is 1. The average Bonchev–Trinajstić information content (AvgIpc) is 3.00. The van der Waals surface area contributed by atoms with Crippen molar-refractivity contribution in [3.05, 3.63) is 56.9 Å². The fourth-order valence-corrected chi connectivity index (χ4v) is 4.50. The molecule has 1 heterocycles. The van der Waals surface area contributed by atoms with E-state index in [4.69, 9.17) is 49.6 Å². The van der Waals surface area contributed by atoms with Gasteiger partial charge in [-0.15, -0.1) is 0 Å². The van der Waals surface area contributed by atoms with Crippen molar-refractivity contribution < 1.29 is 23.8 Å². The van der Waals surface area contributed by atoms with Crippen molar-refractivity contribution in [2.24, 2.45) is 0 Å². The Morgan fingerprint density at radius 3 is 2.65 bits per heavy atom. The first kappa shape index (κ1) is 23.4. The first-order valence-electron chi connectivity index (χ1n) is 9.03. The second-order valence-corrected chi connectivity index (χ2v) is 8.64. The van der Waals surface area contributed by atoms with Crippen LogP contribution in [0.3, 0.4) is 0 Å².